The first kappa shape index (κ1) is 16.5. The van der Waals surface area contributed by atoms with Gasteiger partial charge in [0, 0.05) is 23.2 Å². The van der Waals surface area contributed by atoms with E-state index in [1.54, 1.807) is 0 Å². The van der Waals surface area contributed by atoms with E-state index in [2.05, 4.69) is 53.6 Å². The van der Waals surface area contributed by atoms with Gasteiger partial charge in [-0.1, -0.05) is 48.5 Å². The number of amides is 1. The van der Waals surface area contributed by atoms with Gasteiger partial charge >= 0.3 is 0 Å². The first-order valence-corrected chi connectivity index (χ1v) is 8.92. The van der Waals surface area contributed by atoms with E-state index < -0.39 is 0 Å². The Balaban J connectivity index is 1.57. The third kappa shape index (κ3) is 3.23. The van der Waals surface area contributed by atoms with Crippen LogP contribution in [-0.4, -0.2) is 24.5 Å². The number of para-hydroxylation sites is 2. The minimum absolute atomic E-state index is 0.00569. The Morgan fingerprint density at radius 1 is 1.04 bits per heavy atom. The van der Waals surface area contributed by atoms with E-state index >= 15 is 0 Å². The molecule has 0 unspecified atom stereocenters. The summed E-state index contributed by atoms with van der Waals surface area (Å²) in [5.41, 5.74) is 2.91. The smallest absolute Gasteiger partial charge is 0.243 e. The lowest BCUT2D eigenvalue weighted by Crippen LogP contribution is -2.50. The molecule has 0 fully saturated rings. The van der Waals surface area contributed by atoms with Crippen molar-refractivity contribution in [2.75, 3.05) is 28.6 Å². The van der Waals surface area contributed by atoms with Crippen molar-refractivity contribution in [1.82, 2.24) is 0 Å². The van der Waals surface area contributed by atoms with Gasteiger partial charge in [0.2, 0.25) is 5.91 Å². The lowest BCUT2D eigenvalue weighted by Gasteiger charge is -2.41. The number of rotatable bonds is 3. The van der Waals surface area contributed by atoms with Crippen molar-refractivity contribution in [3.8, 4) is 0 Å². The SMILES string of the molecule is CC1(C)CN(CC(=O)Nc2cccc3ccccc23)c2ccccc2N1. The Bertz CT molecular complexity index is 959. The molecular weight excluding hydrogens is 322 g/mol. The summed E-state index contributed by atoms with van der Waals surface area (Å²) >= 11 is 0. The van der Waals surface area contributed by atoms with Gasteiger partial charge in [0.15, 0.2) is 0 Å². The third-order valence-corrected chi connectivity index (χ3v) is 4.70. The standard InChI is InChI=1S/C22H23N3O/c1-22(2)15-25(20-13-6-5-11-19(20)24-22)14-21(26)23-18-12-7-9-16-8-3-4-10-17(16)18/h3-13,24H,14-15H2,1-2H3,(H,23,26). The summed E-state index contributed by atoms with van der Waals surface area (Å²) in [5.74, 6) is -0.00569. The Labute approximate surface area is 153 Å². The first-order chi connectivity index (χ1) is 12.5. The molecule has 4 nitrogen and oxygen atoms in total. The maximum Gasteiger partial charge on any atom is 0.243 e. The largest absolute Gasteiger partial charge is 0.377 e. The molecule has 0 radical (unpaired) electrons. The molecule has 0 atom stereocenters. The zero-order chi connectivity index (χ0) is 18.1. The van der Waals surface area contributed by atoms with Crippen LogP contribution in [0.4, 0.5) is 17.1 Å². The van der Waals surface area contributed by atoms with Crippen molar-refractivity contribution in [2.24, 2.45) is 0 Å². The fraction of sp³-hybridized carbons (Fsp3) is 0.227. The molecule has 3 aromatic carbocycles. The summed E-state index contributed by atoms with van der Waals surface area (Å²) in [5, 5.41) is 8.81. The van der Waals surface area contributed by atoms with Gasteiger partial charge < -0.3 is 15.5 Å². The summed E-state index contributed by atoms with van der Waals surface area (Å²) in [4.78, 5) is 14.9. The third-order valence-electron chi connectivity index (χ3n) is 4.70. The van der Waals surface area contributed by atoms with Gasteiger partial charge in [-0.3, -0.25) is 4.79 Å². The van der Waals surface area contributed by atoms with Gasteiger partial charge in [0.25, 0.3) is 0 Å². The monoisotopic (exact) mass is 345 g/mol. The number of hydrogen-bond donors (Lipinski definition) is 2. The first-order valence-electron chi connectivity index (χ1n) is 8.92. The second kappa shape index (κ2) is 6.37. The number of benzene rings is 3. The van der Waals surface area contributed by atoms with Crippen LogP contribution in [-0.2, 0) is 4.79 Å². The number of carbonyl (C=O) groups is 1. The topological polar surface area (TPSA) is 44.4 Å². The molecule has 0 aromatic heterocycles. The van der Waals surface area contributed by atoms with Crippen LogP contribution in [0.1, 0.15) is 13.8 Å². The second-order valence-electron chi connectivity index (χ2n) is 7.46. The maximum atomic E-state index is 12.8. The van der Waals surface area contributed by atoms with E-state index in [0.29, 0.717) is 6.54 Å². The summed E-state index contributed by atoms with van der Waals surface area (Å²) < 4.78 is 0. The molecule has 2 N–H and O–H groups in total. The predicted octanol–water partition coefficient (Wildman–Crippen LogP) is 4.49. The number of fused-ring (bicyclic) bond motifs is 2. The van der Waals surface area contributed by atoms with Crippen LogP contribution in [0.5, 0.6) is 0 Å². The van der Waals surface area contributed by atoms with Gasteiger partial charge in [-0.05, 0) is 37.4 Å². The molecule has 1 aliphatic rings. The predicted molar refractivity (Wildman–Crippen MR) is 109 cm³/mol. The molecule has 132 valence electrons. The molecule has 0 saturated carbocycles. The van der Waals surface area contributed by atoms with E-state index in [1.165, 1.54) is 0 Å². The van der Waals surface area contributed by atoms with Crippen LogP contribution in [0.2, 0.25) is 0 Å². The second-order valence-corrected chi connectivity index (χ2v) is 7.46. The van der Waals surface area contributed by atoms with Crippen LogP contribution in [0.3, 0.4) is 0 Å². The van der Waals surface area contributed by atoms with E-state index in [4.69, 9.17) is 0 Å². The van der Waals surface area contributed by atoms with Crippen molar-refractivity contribution in [2.45, 2.75) is 19.4 Å². The minimum atomic E-state index is -0.0892. The van der Waals surface area contributed by atoms with Crippen molar-refractivity contribution in [1.29, 1.82) is 0 Å². The Morgan fingerprint density at radius 2 is 1.77 bits per heavy atom. The number of nitrogens with one attached hydrogen (secondary N) is 2. The maximum absolute atomic E-state index is 12.8. The number of hydrogen-bond acceptors (Lipinski definition) is 3. The molecule has 1 heterocycles. The minimum Gasteiger partial charge on any atom is -0.377 e. The van der Waals surface area contributed by atoms with E-state index in [9.17, 15) is 4.79 Å². The Kier molecular flexibility index (Phi) is 4.03. The van der Waals surface area contributed by atoms with Gasteiger partial charge in [-0.25, -0.2) is 0 Å². The van der Waals surface area contributed by atoms with Crippen LogP contribution in [0.15, 0.2) is 66.7 Å². The lowest BCUT2D eigenvalue weighted by molar-refractivity contribution is -0.115. The van der Waals surface area contributed by atoms with Gasteiger partial charge in [0.1, 0.15) is 0 Å². The number of anilines is 3. The Hall–Kier alpha value is -3.01. The van der Waals surface area contributed by atoms with Crippen LogP contribution in [0.25, 0.3) is 10.8 Å². The molecule has 3 aromatic rings. The summed E-state index contributed by atoms with van der Waals surface area (Å²) in [7, 11) is 0. The summed E-state index contributed by atoms with van der Waals surface area (Å²) in [6.45, 7) is 5.40. The van der Waals surface area contributed by atoms with Crippen LogP contribution < -0.4 is 15.5 Å². The highest BCUT2D eigenvalue weighted by atomic mass is 16.2. The molecule has 4 heteroatoms. The van der Waals surface area contributed by atoms with Crippen molar-refractivity contribution >= 4 is 33.7 Å². The normalized spacial score (nSPS) is 15.2. The highest BCUT2D eigenvalue weighted by molar-refractivity contribution is 6.03. The molecule has 0 aliphatic carbocycles. The highest BCUT2D eigenvalue weighted by Gasteiger charge is 2.30. The zero-order valence-corrected chi connectivity index (χ0v) is 15.1. The van der Waals surface area contributed by atoms with E-state index in [-0.39, 0.29) is 11.4 Å². The number of carbonyl (C=O) groups excluding carboxylic acids is 1. The van der Waals surface area contributed by atoms with Crippen molar-refractivity contribution in [3.05, 3.63) is 66.7 Å². The summed E-state index contributed by atoms with van der Waals surface area (Å²) in [6.07, 6.45) is 0. The molecule has 0 saturated heterocycles. The fourth-order valence-electron chi connectivity index (χ4n) is 3.66. The zero-order valence-electron chi connectivity index (χ0n) is 15.1. The molecule has 0 spiro atoms. The van der Waals surface area contributed by atoms with Gasteiger partial charge in [-0.2, -0.15) is 0 Å². The number of nitrogens with zero attached hydrogens (tertiary/aromatic N) is 1. The lowest BCUT2D eigenvalue weighted by atomic mass is 9.99. The molecule has 1 amide bonds. The summed E-state index contributed by atoms with van der Waals surface area (Å²) in [6, 6.07) is 22.2. The highest BCUT2D eigenvalue weighted by Crippen LogP contribution is 2.34. The molecule has 26 heavy (non-hydrogen) atoms. The molecular formula is C22H23N3O. The fourth-order valence-corrected chi connectivity index (χ4v) is 3.66. The van der Waals surface area contributed by atoms with Crippen molar-refractivity contribution in [3.63, 3.8) is 0 Å². The molecule has 1 aliphatic heterocycles. The van der Waals surface area contributed by atoms with Crippen LogP contribution in [0, 0.1) is 0 Å². The average Bonchev–Trinajstić information content (AvgIpc) is 2.61. The van der Waals surface area contributed by atoms with Gasteiger partial charge in [0.05, 0.1) is 17.9 Å². The Morgan fingerprint density at radius 3 is 2.65 bits per heavy atom. The quantitative estimate of drug-likeness (QED) is 0.735. The average molecular weight is 345 g/mol. The molecule has 4 rings (SSSR count). The van der Waals surface area contributed by atoms with Crippen LogP contribution >= 0.6 is 0 Å². The van der Waals surface area contributed by atoms with E-state index in [0.717, 1.165) is 34.4 Å². The van der Waals surface area contributed by atoms with Crippen molar-refractivity contribution < 1.29 is 4.79 Å². The van der Waals surface area contributed by atoms with E-state index in [1.807, 2.05) is 42.5 Å². The molecule has 0 bridgehead atoms. The van der Waals surface area contributed by atoms with Gasteiger partial charge in [-0.15, -0.1) is 0 Å².